The summed E-state index contributed by atoms with van der Waals surface area (Å²) in [4.78, 5) is 15.0. The number of benzene rings is 7. The van der Waals surface area contributed by atoms with Crippen LogP contribution in [0.1, 0.15) is 12.3 Å². The van der Waals surface area contributed by atoms with E-state index < -0.39 is 42.3 Å². The standard InChI is InChI=1S/C45H30N4/c1-4-14-31(15-5-1)33-26-28-35(29-27-33)43-46-44(37-21-12-20-36(30-37)32-16-6-2-7-17-32)48-45(47-43)49-41-25-11-10-22-39(41)40-24-13-23-38(42(40)49)34-18-8-3-9-19-34/h1-30H/i3D,8D,9D,10D,11D,18D,19D,22D,25D. The Morgan fingerprint density at radius 2 is 0.980 bits per heavy atom. The SMILES string of the molecule is [2H]c1c([2H])c([2H])c(-c2cccc3c4c([2H])c([2H])c([2H])c([2H])c4n(-c4nc(-c5ccc(-c6ccccc6)cc5)nc(-c5cccc(-c6ccccc6)c5)n4)c23)c([2H])c1[2H]. The van der Waals surface area contributed by atoms with Crippen LogP contribution in [0.3, 0.4) is 0 Å². The number of nitrogens with zero attached hydrogens (tertiary/aromatic N) is 4. The number of para-hydroxylation sites is 2. The average molecular weight is 636 g/mol. The van der Waals surface area contributed by atoms with E-state index in [1.54, 1.807) is 18.2 Å². The van der Waals surface area contributed by atoms with E-state index in [-0.39, 0.29) is 57.2 Å². The third-order valence-electron chi connectivity index (χ3n) is 8.49. The number of hydrogen-bond donors (Lipinski definition) is 0. The van der Waals surface area contributed by atoms with E-state index in [1.807, 2.05) is 109 Å². The molecule has 9 aromatic rings. The van der Waals surface area contributed by atoms with E-state index in [0.29, 0.717) is 16.5 Å². The van der Waals surface area contributed by atoms with Crippen molar-refractivity contribution in [1.29, 1.82) is 0 Å². The molecule has 49 heavy (non-hydrogen) atoms. The Kier molecular flexibility index (Phi) is 5.11. The maximum absolute atomic E-state index is 9.23. The number of aromatic nitrogens is 4. The molecule has 0 aliphatic carbocycles. The Morgan fingerprint density at radius 1 is 0.408 bits per heavy atom. The first-order valence-electron chi connectivity index (χ1n) is 20.2. The molecule has 0 radical (unpaired) electrons. The van der Waals surface area contributed by atoms with Crippen LogP contribution in [0.2, 0.25) is 0 Å². The second kappa shape index (κ2) is 12.2. The Balaban J connectivity index is 1.39. The Labute approximate surface area is 297 Å². The van der Waals surface area contributed by atoms with Gasteiger partial charge in [0.2, 0.25) is 5.95 Å². The van der Waals surface area contributed by atoms with Gasteiger partial charge in [0.05, 0.1) is 23.4 Å². The maximum atomic E-state index is 9.23. The first-order valence-corrected chi connectivity index (χ1v) is 15.7. The third kappa shape index (κ3) is 5.26. The summed E-state index contributed by atoms with van der Waals surface area (Å²) in [5.74, 6) is 0.559. The largest absolute Gasteiger partial charge is 0.277 e. The van der Waals surface area contributed by atoms with Crippen molar-refractivity contribution < 1.29 is 12.3 Å². The van der Waals surface area contributed by atoms with Gasteiger partial charge in [-0.15, -0.1) is 0 Å². The molecule has 0 saturated carbocycles. The predicted molar refractivity (Wildman–Crippen MR) is 201 cm³/mol. The molecule has 230 valence electrons. The molecule has 0 saturated heterocycles. The molecule has 2 aromatic heterocycles. The minimum absolute atomic E-state index is 0.00194. The molecule has 4 heteroatoms. The van der Waals surface area contributed by atoms with Crippen LogP contribution < -0.4 is 0 Å². The molecule has 0 N–H and O–H groups in total. The van der Waals surface area contributed by atoms with Crippen LogP contribution in [-0.4, -0.2) is 19.5 Å². The minimum Gasteiger partial charge on any atom is -0.277 e. The van der Waals surface area contributed by atoms with Crippen LogP contribution in [0.25, 0.3) is 83.9 Å². The smallest absolute Gasteiger partial charge is 0.238 e. The van der Waals surface area contributed by atoms with Gasteiger partial charge in [-0.05, 0) is 39.9 Å². The number of rotatable bonds is 6. The first-order chi connectivity index (χ1) is 28.0. The molecule has 0 aliphatic rings. The van der Waals surface area contributed by atoms with Crippen molar-refractivity contribution in [3.8, 4) is 62.1 Å². The fourth-order valence-corrected chi connectivity index (χ4v) is 6.19. The molecule has 2 heterocycles. The quantitative estimate of drug-likeness (QED) is 0.183. The average Bonchev–Trinajstić information content (AvgIpc) is 3.63. The van der Waals surface area contributed by atoms with Crippen LogP contribution in [0, 0.1) is 0 Å². The third-order valence-corrected chi connectivity index (χ3v) is 8.49. The summed E-state index contributed by atoms with van der Waals surface area (Å²) >= 11 is 0. The van der Waals surface area contributed by atoms with Crippen LogP contribution >= 0.6 is 0 Å². The van der Waals surface area contributed by atoms with E-state index in [2.05, 4.69) is 0 Å². The predicted octanol–water partition coefficient (Wildman–Crippen LogP) is 11.3. The van der Waals surface area contributed by atoms with Gasteiger partial charge >= 0.3 is 0 Å². The molecule has 0 spiro atoms. The fraction of sp³-hybridized carbons (Fsp3) is 0. The van der Waals surface area contributed by atoms with Crippen molar-refractivity contribution in [2.75, 3.05) is 0 Å². The molecule has 0 bridgehead atoms. The van der Waals surface area contributed by atoms with Crippen LogP contribution in [0.4, 0.5) is 0 Å². The van der Waals surface area contributed by atoms with Crippen molar-refractivity contribution in [1.82, 2.24) is 19.5 Å². The monoisotopic (exact) mass is 635 g/mol. The van der Waals surface area contributed by atoms with Crippen molar-refractivity contribution >= 4 is 21.8 Å². The molecule has 0 amide bonds. The molecule has 0 unspecified atom stereocenters. The van der Waals surface area contributed by atoms with Crippen molar-refractivity contribution in [2.24, 2.45) is 0 Å². The van der Waals surface area contributed by atoms with Crippen molar-refractivity contribution in [2.45, 2.75) is 0 Å². The van der Waals surface area contributed by atoms with Crippen LogP contribution in [-0.2, 0) is 0 Å². The maximum Gasteiger partial charge on any atom is 0.238 e. The second-order valence-electron chi connectivity index (χ2n) is 11.4. The Morgan fingerprint density at radius 3 is 1.73 bits per heavy atom. The molecule has 4 nitrogen and oxygen atoms in total. The first kappa shape index (κ1) is 20.6. The molecule has 7 aromatic carbocycles. The van der Waals surface area contributed by atoms with E-state index >= 15 is 0 Å². The lowest BCUT2D eigenvalue weighted by atomic mass is 10.0. The lowest BCUT2D eigenvalue weighted by Gasteiger charge is -2.13. The highest BCUT2D eigenvalue weighted by Gasteiger charge is 2.20. The van der Waals surface area contributed by atoms with Crippen LogP contribution in [0.15, 0.2) is 182 Å². The molecule has 0 aliphatic heterocycles. The van der Waals surface area contributed by atoms with Gasteiger partial charge in [-0.3, -0.25) is 4.57 Å². The molecular weight excluding hydrogens is 597 g/mol. The zero-order valence-corrected chi connectivity index (χ0v) is 25.9. The lowest BCUT2D eigenvalue weighted by Crippen LogP contribution is -2.07. The van der Waals surface area contributed by atoms with Crippen molar-refractivity contribution in [3.05, 3.63) is 182 Å². The molecule has 0 atom stereocenters. The minimum atomic E-state index is -0.547. The number of hydrogen-bond acceptors (Lipinski definition) is 3. The highest BCUT2D eigenvalue weighted by molar-refractivity contribution is 6.13. The fourth-order valence-electron chi connectivity index (χ4n) is 6.19. The molecule has 0 fully saturated rings. The normalized spacial score (nSPS) is 13.8. The molecule has 9 rings (SSSR count). The zero-order valence-electron chi connectivity index (χ0n) is 34.9. The molecular formula is C45H30N4. The van der Waals surface area contributed by atoms with Crippen LogP contribution in [0.5, 0.6) is 0 Å². The highest BCUT2D eigenvalue weighted by Crippen LogP contribution is 2.38. The topological polar surface area (TPSA) is 43.6 Å². The summed E-state index contributed by atoms with van der Waals surface area (Å²) in [6, 6.07) is 36.1. The van der Waals surface area contributed by atoms with Gasteiger partial charge < -0.3 is 0 Å². The van der Waals surface area contributed by atoms with E-state index in [1.165, 1.54) is 4.57 Å². The summed E-state index contributed by atoms with van der Waals surface area (Å²) in [5, 5.41) is 0.519. The van der Waals surface area contributed by atoms with E-state index in [9.17, 15) is 1.37 Å². The van der Waals surface area contributed by atoms with Gasteiger partial charge in [-0.2, -0.15) is 9.97 Å². The van der Waals surface area contributed by atoms with Gasteiger partial charge in [0, 0.05) is 27.5 Å². The van der Waals surface area contributed by atoms with Gasteiger partial charge in [0.25, 0.3) is 0 Å². The van der Waals surface area contributed by atoms with Gasteiger partial charge in [0.15, 0.2) is 11.6 Å². The van der Waals surface area contributed by atoms with Gasteiger partial charge in [-0.25, -0.2) is 4.98 Å². The van der Waals surface area contributed by atoms with Gasteiger partial charge in [0.1, 0.15) is 0 Å². The summed E-state index contributed by atoms with van der Waals surface area (Å²) in [6.07, 6.45) is 0. The van der Waals surface area contributed by atoms with E-state index in [4.69, 9.17) is 25.9 Å². The highest BCUT2D eigenvalue weighted by atomic mass is 15.2. The van der Waals surface area contributed by atoms with E-state index in [0.717, 1.165) is 22.3 Å². The summed E-state index contributed by atoms with van der Waals surface area (Å²) in [5.41, 5.74) is 5.62. The Bertz CT molecular complexity index is 3070. The Hall–Kier alpha value is -6.65. The lowest BCUT2D eigenvalue weighted by molar-refractivity contribution is 0.954. The van der Waals surface area contributed by atoms with Gasteiger partial charge in [-0.1, -0.05) is 170 Å². The summed E-state index contributed by atoms with van der Waals surface area (Å²) < 4.78 is 80.2. The summed E-state index contributed by atoms with van der Waals surface area (Å²) in [7, 11) is 0. The summed E-state index contributed by atoms with van der Waals surface area (Å²) in [6.45, 7) is 0. The van der Waals surface area contributed by atoms with Crippen molar-refractivity contribution in [3.63, 3.8) is 0 Å². The zero-order chi connectivity index (χ0) is 40.4. The number of fused-ring (bicyclic) bond motifs is 3. The second-order valence-corrected chi connectivity index (χ2v) is 11.4.